The summed E-state index contributed by atoms with van der Waals surface area (Å²) < 4.78 is 27.9. The van der Waals surface area contributed by atoms with Crippen LogP contribution in [-0.2, 0) is 4.79 Å². The molecule has 2 amide bonds. The first-order valence-corrected chi connectivity index (χ1v) is 10.3. The van der Waals surface area contributed by atoms with Crippen LogP contribution in [0.5, 0.6) is 0 Å². The van der Waals surface area contributed by atoms with Crippen molar-refractivity contribution in [1.29, 1.82) is 0 Å². The lowest BCUT2D eigenvalue weighted by Gasteiger charge is -2.25. The van der Waals surface area contributed by atoms with E-state index in [9.17, 15) is 18.4 Å². The van der Waals surface area contributed by atoms with Gasteiger partial charge in [-0.15, -0.1) is 11.8 Å². The molecule has 0 aromatic heterocycles. The number of carbonyl (C=O) groups is 2. The Morgan fingerprint density at radius 2 is 1.83 bits per heavy atom. The van der Waals surface area contributed by atoms with Crippen LogP contribution < -0.4 is 10.2 Å². The largest absolute Gasteiger partial charge is 0.322 e. The van der Waals surface area contributed by atoms with Gasteiger partial charge in [0.05, 0.1) is 11.3 Å². The molecule has 1 fully saturated rings. The maximum absolute atomic E-state index is 14.1. The van der Waals surface area contributed by atoms with Crippen LogP contribution >= 0.6 is 11.8 Å². The number of nitrogens with one attached hydrogen (secondary N) is 1. The number of benzene rings is 3. The molecule has 152 valence electrons. The second-order valence-electron chi connectivity index (χ2n) is 6.92. The Morgan fingerprint density at radius 1 is 1.03 bits per heavy atom. The molecule has 0 radical (unpaired) electrons. The molecule has 7 heteroatoms. The average Bonchev–Trinajstić information content (AvgIpc) is 3.12. The van der Waals surface area contributed by atoms with E-state index >= 15 is 0 Å². The lowest BCUT2D eigenvalue weighted by atomic mass is 10.1. The number of halogens is 2. The topological polar surface area (TPSA) is 49.4 Å². The van der Waals surface area contributed by atoms with Gasteiger partial charge in [-0.2, -0.15) is 0 Å². The Kier molecular flexibility index (Phi) is 5.55. The molecule has 1 N–H and O–H groups in total. The summed E-state index contributed by atoms with van der Waals surface area (Å²) in [4.78, 5) is 26.5. The fraction of sp³-hybridized carbons (Fsp3) is 0.130. The summed E-state index contributed by atoms with van der Waals surface area (Å²) in [5.41, 5.74) is 2.20. The number of aryl methyl sites for hydroxylation is 1. The van der Waals surface area contributed by atoms with Gasteiger partial charge in [-0.1, -0.05) is 30.3 Å². The summed E-state index contributed by atoms with van der Waals surface area (Å²) in [6.45, 7) is 1.67. The van der Waals surface area contributed by atoms with Gasteiger partial charge < -0.3 is 5.32 Å². The van der Waals surface area contributed by atoms with E-state index in [-0.39, 0.29) is 28.4 Å². The molecule has 4 nitrogen and oxygen atoms in total. The van der Waals surface area contributed by atoms with E-state index in [2.05, 4.69) is 5.32 Å². The molecule has 1 saturated heterocycles. The SMILES string of the molecule is Cc1ccc(N2C(=O)CSC2c2cccc(NC(=O)c3ccccc3F)c2)cc1F. The second kappa shape index (κ2) is 8.28. The fourth-order valence-corrected chi connectivity index (χ4v) is 4.46. The van der Waals surface area contributed by atoms with Crippen LogP contribution in [0.3, 0.4) is 0 Å². The second-order valence-corrected chi connectivity index (χ2v) is 7.99. The van der Waals surface area contributed by atoms with Gasteiger partial charge in [-0.05, 0) is 54.4 Å². The van der Waals surface area contributed by atoms with E-state index in [0.29, 0.717) is 16.9 Å². The van der Waals surface area contributed by atoms with Gasteiger partial charge in [0.25, 0.3) is 5.91 Å². The highest BCUT2D eigenvalue weighted by Gasteiger charge is 2.34. The number of thioether (sulfide) groups is 1. The van der Waals surface area contributed by atoms with Crippen molar-refractivity contribution in [3.8, 4) is 0 Å². The molecular formula is C23H18F2N2O2S. The third kappa shape index (κ3) is 3.93. The van der Waals surface area contributed by atoms with E-state index in [1.807, 2.05) is 6.07 Å². The van der Waals surface area contributed by atoms with Gasteiger partial charge in [0.15, 0.2) is 0 Å². The minimum atomic E-state index is -0.601. The third-order valence-corrected chi connectivity index (χ3v) is 6.06. The van der Waals surface area contributed by atoms with Crippen LogP contribution in [0.25, 0.3) is 0 Å². The van der Waals surface area contributed by atoms with E-state index in [0.717, 1.165) is 5.56 Å². The number of nitrogens with zero attached hydrogens (tertiary/aromatic N) is 1. The van der Waals surface area contributed by atoms with Crippen molar-refractivity contribution >= 4 is 35.0 Å². The summed E-state index contributed by atoms with van der Waals surface area (Å²) in [7, 11) is 0. The first-order valence-electron chi connectivity index (χ1n) is 9.29. The van der Waals surface area contributed by atoms with Crippen molar-refractivity contribution in [2.45, 2.75) is 12.3 Å². The van der Waals surface area contributed by atoms with Gasteiger partial charge in [0.2, 0.25) is 5.91 Å². The Morgan fingerprint density at radius 3 is 2.60 bits per heavy atom. The lowest BCUT2D eigenvalue weighted by Crippen LogP contribution is -2.28. The summed E-state index contributed by atoms with van der Waals surface area (Å²) in [6.07, 6.45) is 0. The third-order valence-electron chi connectivity index (χ3n) is 4.85. The number of rotatable bonds is 4. The monoisotopic (exact) mass is 424 g/mol. The smallest absolute Gasteiger partial charge is 0.258 e. The zero-order chi connectivity index (χ0) is 21.3. The van der Waals surface area contributed by atoms with Gasteiger partial charge in [0.1, 0.15) is 17.0 Å². The van der Waals surface area contributed by atoms with Gasteiger partial charge in [-0.3, -0.25) is 14.5 Å². The molecule has 0 aliphatic carbocycles. The number of hydrogen-bond donors (Lipinski definition) is 1. The Hall–Kier alpha value is -3.19. The lowest BCUT2D eigenvalue weighted by molar-refractivity contribution is -0.115. The molecule has 3 aromatic carbocycles. The first kappa shape index (κ1) is 20.1. The Labute approximate surface area is 176 Å². The van der Waals surface area contributed by atoms with Crippen LogP contribution in [0.2, 0.25) is 0 Å². The predicted octanol–water partition coefficient (Wildman–Crippen LogP) is 5.30. The van der Waals surface area contributed by atoms with Crippen LogP contribution in [0.4, 0.5) is 20.2 Å². The molecule has 3 aromatic rings. The van der Waals surface area contributed by atoms with Crippen molar-refractivity contribution in [3.63, 3.8) is 0 Å². The maximum atomic E-state index is 14.1. The highest BCUT2D eigenvalue weighted by Crippen LogP contribution is 2.42. The zero-order valence-corrected chi connectivity index (χ0v) is 16.9. The van der Waals surface area contributed by atoms with E-state index in [1.165, 1.54) is 36.0 Å². The van der Waals surface area contributed by atoms with E-state index < -0.39 is 11.7 Å². The standard InChI is InChI=1S/C23H18F2N2O2S/c1-14-9-10-17(12-20(14)25)27-21(28)13-30-23(27)15-5-4-6-16(11-15)26-22(29)18-7-2-3-8-19(18)24/h2-12,23H,13H2,1H3,(H,26,29). The molecule has 4 rings (SSSR count). The van der Waals surface area contributed by atoms with Crippen LogP contribution in [0.15, 0.2) is 66.7 Å². The normalized spacial score (nSPS) is 16.0. The van der Waals surface area contributed by atoms with Crippen LogP contribution in [0, 0.1) is 18.6 Å². The predicted molar refractivity (Wildman–Crippen MR) is 115 cm³/mol. The minimum Gasteiger partial charge on any atom is -0.322 e. The summed E-state index contributed by atoms with van der Waals surface area (Å²) in [5, 5.41) is 2.34. The van der Waals surface area contributed by atoms with Gasteiger partial charge >= 0.3 is 0 Å². The van der Waals surface area contributed by atoms with Crippen molar-refractivity contribution in [2.24, 2.45) is 0 Å². The number of carbonyl (C=O) groups excluding carboxylic acids is 2. The zero-order valence-electron chi connectivity index (χ0n) is 16.1. The van der Waals surface area contributed by atoms with E-state index in [1.54, 1.807) is 48.2 Å². The molecular weight excluding hydrogens is 406 g/mol. The van der Waals surface area contributed by atoms with Crippen LogP contribution in [-0.4, -0.2) is 17.6 Å². The summed E-state index contributed by atoms with van der Waals surface area (Å²) in [5.74, 6) is -1.38. The molecule has 0 saturated carbocycles. The molecule has 1 aliphatic heterocycles. The fourth-order valence-electron chi connectivity index (χ4n) is 3.30. The molecule has 0 spiro atoms. The molecule has 1 atom stereocenters. The van der Waals surface area contributed by atoms with E-state index in [4.69, 9.17) is 0 Å². The summed E-state index contributed by atoms with van der Waals surface area (Å²) >= 11 is 1.42. The van der Waals surface area contributed by atoms with Gasteiger partial charge in [-0.25, -0.2) is 8.78 Å². The molecule has 0 bridgehead atoms. The highest BCUT2D eigenvalue weighted by atomic mass is 32.2. The Balaban J connectivity index is 1.61. The summed E-state index contributed by atoms with van der Waals surface area (Å²) in [6, 6.07) is 17.5. The van der Waals surface area contributed by atoms with Crippen molar-refractivity contribution in [1.82, 2.24) is 0 Å². The van der Waals surface area contributed by atoms with Crippen molar-refractivity contribution in [2.75, 3.05) is 16.0 Å². The number of hydrogen-bond acceptors (Lipinski definition) is 3. The quantitative estimate of drug-likeness (QED) is 0.618. The van der Waals surface area contributed by atoms with Gasteiger partial charge in [0, 0.05) is 11.4 Å². The highest BCUT2D eigenvalue weighted by molar-refractivity contribution is 8.00. The average molecular weight is 424 g/mol. The van der Waals surface area contributed by atoms with Crippen molar-refractivity contribution in [3.05, 3.63) is 95.1 Å². The molecule has 1 aliphatic rings. The first-order chi connectivity index (χ1) is 14.4. The minimum absolute atomic E-state index is 0.0509. The number of amides is 2. The molecule has 1 unspecified atom stereocenters. The van der Waals surface area contributed by atoms with Crippen LogP contribution in [0.1, 0.15) is 26.9 Å². The maximum Gasteiger partial charge on any atom is 0.258 e. The van der Waals surface area contributed by atoms with Crippen molar-refractivity contribution < 1.29 is 18.4 Å². The molecule has 1 heterocycles. The number of anilines is 2. The Bertz CT molecular complexity index is 1140. The molecule has 30 heavy (non-hydrogen) atoms.